The molecule has 2 saturated carbocycles. The number of carbonyl (C=O) groups is 1. The molecule has 2 heterocycles. The first-order valence-electron chi connectivity index (χ1n) is 9.60. The summed E-state index contributed by atoms with van der Waals surface area (Å²) in [6, 6.07) is 1.19. The maximum atomic E-state index is 15.1. The van der Waals surface area contributed by atoms with E-state index in [9.17, 15) is 19.8 Å². The second kappa shape index (κ2) is 6.19. The van der Waals surface area contributed by atoms with Crippen molar-refractivity contribution in [2.24, 2.45) is 11.8 Å². The monoisotopic (exact) mass is 406 g/mol. The van der Waals surface area contributed by atoms with Crippen molar-refractivity contribution >= 4 is 34.2 Å². The van der Waals surface area contributed by atoms with Gasteiger partial charge in [0.25, 0.3) is 0 Å². The average molecular weight is 407 g/mol. The Bertz CT molecular complexity index is 1060. The van der Waals surface area contributed by atoms with Crippen LogP contribution in [0, 0.1) is 17.7 Å². The largest absolute Gasteiger partial charge is 0.477 e. The van der Waals surface area contributed by atoms with Gasteiger partial charge in [-0.25, -0.2) is 9.18 Å². The number of fused-ring (bicyclic) bond motifs is 2. The van der Waals surface area contributed by atoms with Gasteiger partial charge < -0.3 is 19.7 Å². The van der Waals surface area contributed by atoms with Gasteiger partial charge in [0.2, 0.25) is 5.43 Å². The molecule has 3 aliphatic rings. The van der Waals surface area contributed by atoms with Gasteiger partial charge in [-0.3, -0.25) is 4.79 Å². The number of aliphatic hydroxyl groups is 1. The van der Waals surface area contributed by atoms with Crippen molar-refractivity contribution in [1.29, 1.82) is 0 Å². The average Bonchev–Trinajstić information content (AvgIpc) is 3.31. The van der Waals surface area contributed by atoms with E-state index in [0.29, 0.717) is 24.5 Å². The van der Waals surface area contributed by atoms with E-state index >= 15 is 4.39 Å². The predicted molar refractivity (Wildman–Crippen MR) is 103 cm³/mol. The minimum atomic E-state index is -1.33. The molecule has 1 aromatic carbocycles. The van der Waals surface area contributed by atoms with Crippen LogP contribution in [0.25, 0.3) is 10.9 Å². The fourth-order valence-electron chi connectivity index (χ4n) is 4.93. The van der Waals surface area contributed by atoms with Crippen molar-refractivity contribution in [3.63, 3.8) is 0 Å². The molecule has 2 aliphatic carbocycles. The summed E-state index contributed by atoms with van der Waals surface area (Å²) in [4.78, 5) is 26.0. The molecule has 1 aromatic heterocycles. The number of anilines is 1. The highest BCUT2D eigenvalue weighted by Gasteiger charge is 2.43. The molecule has 3 atom stereocenters. The molecular formula is C20H20ClFN2O4. The lowest BCUT2D eigenvalue weighted by Gasteiger charge is -2.24. The molecule has 0 bridgehead atoms. The summed E-state index contributed by atoms with van der Waals surface area (Å²) in [5, 5.41) is 19.7. The lowest BCUT2D eigenvalue weighted by Crippen LogP contribution is -2.26. The SMILES string of the molecule is O=C(O)c1cn(C2CC2)c2c(Cl)c(N3C[C@@H]4CC[C@@H](O)[C@@H]4C3)c(F)cc2c1=O. The van der Waals surface area contributed by atoms with Crippen LogP contribution in [0.1, 0.15) is 42.1 Å². The number of aromatic carboxylic acids is 1. The minimum Gasteiger partial charge on any atom is -0.477 e. The van der Waals surface area contributed by atoms with Gasteiger partial charge in [0, 0.05) is 31.2 Å². The number of benzene rings is 1. The van der Waals surface area contributed by atoms with Gasteiger partial charge >= 0.3 is 5.97 Å². The Labute approximate surface area is 165 Å². The van der Waals surface area contributed by atoms with Crippen molar-refractivity contribution in [3.05, 3.63) is 38.9 Å². The van der Waals surface area contributed by atoms with E-state index in [1.54, 1.807) is 4.57 Å². The lowest BCUT2D eigenvalue weighted by molar-refractivity contribution is 0.0694. The second-order valence-electron chi connectivity index (χ2n) is 8.21. The number of rotatable bonds is 3. The van der Waals surface area contributed by atoms with E-state index in [1.807, 2.05) is 4.90 Å². The Hall–Kier alpha value is -2.12. The molecule has 8 heteroatoms. The van der Waals surface area contributed by atoms with Crippen molar-refractivity contribution in [2.45, 2.75) is 37.8 Å². The molecule has 2 aromatic rings. The Morgan fingerprint density at radius 3 is 2.61 bits per heavy atom. The number of pyridine rings is 1. The summed E-state index contributed by atoms with van der Waals surface area (Å²) in [7, 11) is 0. The summed E-state index contributed by atoms with van der Waals surface area (Å²) in [5.41, 5.74) is -0.456. The number of carboxylic acid groups (broad SMARTS) is 1. The zero-order chi connectivity index (χ0) is 19.7. The predicted octanol–water partition coefficient (Wildman–Crippen LogP) is 3.03. The molecule has 3 fully saturated rings. The van der Waals surface area contributed by atoms with Crippen LogP contribution in [0.2, 0.25) is 5.02 Å². The molecule has 1 saturated heterocycles. The van der Waals surface area contributed by atoms with Crippen LogP contribution in [-0.4, -0.2) is 39.9 Å². The molecule has 6 nitrogen and oxygen atoms in total. The molecule has 0 spiro atoms. The van der Waals surface area contributed by atoms with Crippen LogP contribution < -0.4 is 10.3 Å². The number of hydrogen-bond donors (Lipinski definition) is 2. The minimum absolute atomic E-state index is 0.00234. The normalized spacial score (nSPS) is 26.8. The number of aliphatic hydroxyl groups excluding tert-OH is 1. The van der Waals surface area contributed by atoms with Gasteiger partial charge in [0.15, 0.2) is 0 Å². The second-order valence-corrected chi connectivity index (χ2v) is 8.58. The van der Waals surface area contributed by atoms with Crippen molar-refractivity contribution in [3.8, 4) is 0 Å². The van der Waals surface area contributed by atoms with Gasteiger partial charge in [-0.15, -0.1) is 0 Å². The summed E-state index contributed by atoms with van der Waals surface area (Å²) in [6.45, 7) is 1.14. The zero-order valence-corrected chi connectivity index (χ0v) is 15.8. The third-order valence-corrected chi connectivity index (χ3v) is 6.85. The quantitative estimate of drug-likeness (QED) is 0.818. The first kappa shape index (κ1) is 17.9. The van der Waals surface area contributed by atoms with Gasteiger partial charge in [-0.1, -0.05) is 11.6 Å². The maximum absolute atomic E-state index is 15.1. The summed E-state index contributed by atoms with van der Waals surface area (Å²) in [5.74, 6) is -1.55. The van der Waals surface area contributed by atoms with Crippen LogP contribution >= 0.6 is 11.6 Å². The van der Waals surface area contributed by atoms with Crippen molar-refractivity contribution < 1.29 is 19.4 Å². The highest BCUT2D eigenvalue weighted by Crippen LogP contribution is 2.45. The highest BCUT2D eigenvalue weighted by atomic mass is 35.5. The molecule has 28 heavy (non-hydrogen) atoms. The standard InChI is InChI=1S/C20H20ClFN2O4/c21-16-17-11(19(26)13(20(27)28)8-24(17)10-2-3-10)5-14(22)18(16)23-6-9-1-4-15(25)12(9)7-23/h5,8-10,12,15,25H,1-4,6-7H2,(H,27,28)/t9-,12+,15+/m0/s1. The highest BCUT2D eigenvalue weighted by molar-refractivity contribution is 6.38. The topological polar surface area (TPSA) is 82.8 Å². The van der Waals surface area contributed by atoms with Gasteiger partial charge in [0.05, 0.1) is 27.7 Å². The molecular weight excluding hydrogens is 387 g/mol. The van der Waals surface area contributed by atoms with Crippen LogP contribution in [0.3, 0.4) is 0 Å². The summed E-state index contributed by atoms with van der Waals surface area (Å²) in [6.07, 6.45) is 4.36. The van der Waals surface area contributed by atoms with E-state index < -0.39 is 17.2 Å². The number of carboxylic acids is 1. The van der Waals surface area contributed by atoms with E-state index in [4.69, 9.17) is 11.6 Å². The lowest BCUT2D eigenvalue weighted by atomic mass is 10.00. The summed E-state index contributed by atoms with van der Waals surface area (Å²) >= 11 is 6.65. The Morgan fingerprint density at radius 2 is 1.96 bits per heavy atom. The molecule has 0 amide bonds. The molecule has 148 valence electrons. The first-order valence-corrected chi connectivity index (χ1v) is 9.97. The van der Waals surface area contributed by atoms with Crippen LogP contribution in [0.5, 0.6) is 0 Å². The Kier molecular flexibility index (Phi) is 3.97. The van der Waals surface area contributed by atoms with Crippen LogP contribution in [-0.2, 0) is 0 Å². The number of hydrogen-bond acceptors (Lipinski definition) is 4. The number of nitrogens with zero attached hydrogens (tertiary/aromatic N) is 2. The van der Waals surface area contributed by atoms with E-state index in [1.165, 1.54) is 6.20 Å². The smallest absolute Gasteiger partial charge is 0.341 e. The maximum Gasteiger partial charge on any atom is 0.341 e. The molecule has 0 unspecified atom stereocenters. The van der Waals surface area contributed by atoms with Crippen LogP contribution in [0.4, 0.5) is 10.1 Å². The fourth-order valence-corrected chi connectivity index (χ4v) is 5.34. The van der Waals surface area contributed by atoms with Crippen LogP contribution in [0.15, 0.2) is 17.1 Å². The number of halogens is 2. The summed E-state index contributed by atoms with van der Waals surface area (Å²) < 4.78 is 16.8. The first-order chi connectivity index (χ1) is 13.4. The van der Waals surface area contributed by atoms with Gasteiger partial charge in [-0.05, 0) is 37.7 Å². The van der Waals surface area contributed by atoms with E-state index in [0.717, 1.165) is 31.7 Å². The fraction of sp³-hybridized carbons (Fsp3) is 0.500. The molecule has 0 radical (unpaired) electrons. The van der Waals surface area contributed by atoms with Gasteiger partial charge in [0.1, 0.15) is 11.4 Å². The zero-order valence-electron chi connectivity index (χ0n) is 15.1. The van der Waals surface area contributed by atoms with Gasteiger partial charge in [-0.2, -0.15) is 0 Å². The Balaban J connectivity index is 1.70. The Morgan fingerprint density at radius 1 is 1.21 bits per heavy atom. The van der Waals surface area contributed by atoms with E-state index in [-0.39, 0.29) is 39.7 Å². The molecule has 2 N–H and O–H groups in total. The van der Waals surface area contributed by atoms with Crippen molar-refractivity contribution in [1.82, 2.24) is 4.57 Å². The molecule has 1 aliphatic heterocycles. The molecule has 5 rings (SSSR count). The van der Waals surface area contributed by atoms with Crippen molar-refractivity contribution in [2.75, 3.05) is 18.0 Å². The third-order valence-electron chi connectivity index (χ3n) is 6.49. The third kappa shape index (κ3) is 2.56. The van der Waals surface area contributed by atoms with E-state index in [2.05, 4.69) is 0 Å². The number of aromatic nitrogens is 1.